The van der Waals surface area contributed by atoms with E-state index in [0.717, 1.165) is 40.9 Å². The van der Waals surface area contributed by atoms with Gasteiger partial charge in [-0.05, 0) is 25.0 Å². The van der Waals surface area contributed by atoms with Crippen LogP contribution in [0.15, 0.2) is 24.3 Å². The number of nitrogens with one attached hydrogen (secondary N) is 2. The van der Waals surface area contributed by atoms with Crippen LogP contribution in [0.3, 0.4) is 0 Å². The maximum Gasteiger partial charge on any atom is 0.315 e. The van der Waals surface area contributed by atoms with E-state index in [2.05, 4.69) is 15.6 Å². The summed E-state index contributed by atoms with van der Waals surface area (Å²) in [5.41, 5.74) is 0.214. The number of hydrogen-bond acceptors (Lipinski definition) is 4. The first-order valence-corrected chi connectivity index (χ1v) is 9.05. The SMILES string of the molecule is O=C(NCc1nc2ccccc2s1)NCC1(O)CCCCCC1. The van der Waals surface area contributed by atoms with Crippen molar-refractivity contribution < 1.29 is 9.90 Å². The van der Waals surface area contributed by atoms with E-state index in [-0.39, 0.29) is 6.03 Å². The molecule has 1 aromatic heterocycles. The number of nitrogens with zero attached hydrogens (tertiary/aromatic N) is 1. The van der Waals surface area contributed by atoms with E-state index >= 15 is 0 Å². The second kappa shape index (κ2) is 7.27. The van der Waals surface area contributed by atoms with Crippen molar-refractivity contribution in [2.45, 2.75) is 50.7 Å². The molecule has 0 bridgehead atoms. The molecule has 1 saturated carbocycles. The number of carbonyl (C=O) groups excluding carboxylic acids is 1. The first-order valence-electron chi connectivity index (χ1n) is 8.23. The van der Waals surface area contributed by atoms with Gasteiger partial charge in [0.2, 0.25) is 0 Å². The number of urea groups is 1. The molecule has 0 atom stereocenters. The van der Waals surface area contributed by atoms with E-state index in [1.807, 2.05) is 24.3 Å². The fraction of sp³-hybridized carbons (Fsp3) is 0.529. The number of rotatable bonds is 4. The highest BCUT2D eigenvalue weighted by Crippen LogP contribution is 2.26. The van der Waals surface area contributed by atoms with Crippen molar-refractivity contribution in [2.24, 2.45) is 0 Å². The third-order valence-corrected chi connectivity index (χ3v) is 5.39. The van der Waals surface area contributed by atoms with Gasteiger partial charge in [0, 0.05) is 6.54 Å². The number of carbonyl (C=O) groups is 1. The molecular weight excluding hydrogens is 310 g/mol. The van der Waals surface area contributed by atoms with Gasteiger partial charge in [-0.25, -0.2) is 9.78 Å². The van der Waals surface area contributed by atoms with E-state index in [1.54, 1.807) is 11.3 Å². The van der Waals surface area contributed by atoms with Crippen molar-refractivity contribution in [3.63, 3.8) is 0 Å². The molecule has 0 saturated heterocycles. The van der Waals surface area contributed by atoms with Gasteiger partial charge in [-0.1, -0.05) is 37.8 Å². The molecule has 0 unspecified atom stereocenters. The number of aliphatic hydroxyl groups is 1. The summed E-state index contributed by atoms with van der Waals surface area (Å²) in [6.07, 6.45) is 5.95. The average Bonchev–Trinajstić information content (AvgIpc) is 2.85. The Labute approximate surface area is 140 Å². The number of amides is 2. The summed E-state index contributed by atoms with van der Waals surface area (Å²) in [6, 6.07) is 7.69. The van der Waals surface area contributed by atoms with Gasteiger partial charge >= 0.3 is 6.03 Å². The lowest BCUT2D eigenvalue weighted by atomic mass is 9.95. The lowest BCUT2D eigenvalue weighted by Gasteiger charge is -2.26. The molecule has 1 aromatic carbocycles. The van der Waals surface area contributed by atoms with E-state index < -0.39 is 5.60 Å². The van der Waals surface area contributed by atoms with Crippen molar-refractivity contribution in [2.75, 3.05) is 6.54 Å². The Balaban J connectivity index is 1.47. The molecule has 2 amide bonds. The molecule has 0 aliphatic heterocycles. The van der Waals surface area contributed by atoms with Crippen LogP contribution in [0.1, 0.15) is 43.5 Å². The van der Waals surface area contributed by atoms with Crippen LogP contribution >= 0.6 is 11.3 Å². The third-order valence-electron chi connectivity index (χ3n) is 4.35. The van der Waals surface area contributed by atoms with E-state index in [0.29, 0.717) is 13.1 Å². The minimum absolute atomic E-state index is 0.248. The normalized spacial score (nSPS) is 17.6. The molecule has 0 radical (unpaired) electrons. The van der Waals surface area contributed by atoms with Gasteiger partial charge in [-0.15, -0.1) is 11.3 Å². The molecule has 124 valence electrons. The van der Waals surface area contributed by atoms with Gasteiger partial charge in [0.15, 0.2) is 0 Å². The van der Waals surface area contributed by atoms with Crippen molar-refractivity contribution in [1.29, 1.82) is 0 Å². The maximum absolute atomic E-state index is 11.9. The molecule has 1 aliphatic rings. The molecule has 0 spiro atoms. The fourth-order valence-electron chi connectivity index (χ4n) is 3.02. The second-order valence-electron chi connectivity index (χ2n) is 6.25. The van der Waals surface area contributed by atoms with Crippen LogP contribution < -0.4 is 10.6 Å². The van der Waals surface area contributed by atoms with Crippen LogP contribution in [0.25, 0.3) is 10.2 Å². The molecule has 5 nitrogen and oxygen atoms in total. The molecule has 3 rings (SSSR count). The number of hydrogen-bond donors (Lipinski definition) is 3. The highest BCUT2D eigenvalue weighted by atomic mass is 32.1. The molecule has 3 N–H and O–H groups in total. The molecule has 1 aliphatic carbocycles. The average molecular weight is 333 g/mol. The molecule has 6 heteroatoms. The Hall–Kier alpha value is -1.66. The topological polar surface area (TPSA) is 74.2 Å². The zero-order valence-corrected chi connectivity index (χ0v) is 14.0. The van der Waals surface area contributed by atoms with E-state index in [9.17, 15) is 9.90 Å². The van der Waals surface area contributed by atoms with Gasteiger partial charge in [-0.3, -0.25) is 0 Å². The molecule has 1 fully saturated rings. The largest absolute Gasteiger partial charge is 0.388 e. The maximum atomic E-state index is 11.9. The number of aromatic nitrogens is 1. The van der Waals surface area contributed by atoms with Crippen molar-refractivity contribution in [1.82, 2.24) is 15.6 Å². The van der Waals surface area contributed by atoms with Gasteiger partial charge in [-0.2, -0.15) is 0 Å². The Morgan fingerprint density at radius 3 is 2.65 bits per heavy atom. The van der Waals surface area contributed by atoms with Crippen LogP contribution in [0.2, 0.25) is 0 Å². The van der Waals surface area contributed by atoms with Crippen molar-refractivity contribution in [3.05, 3.63) is 29.3 Å². The molecule has 1 heterocycles. The standard InChI is InChI=1S/C17H23N3O2S/c21-16(19-12-17(22)9-5-1-2-6-10-17)18-11-15-20-13-7-3-4-8-14(13)23-15/h3-4,7-8,22H,1-2,5-6,9-12H2,(H2,18,19,21). The summed E-state index contributed by atoms with van der Waals surface area (Å²) in [6.45, 7) is 0.724. The first-order chi connectivity index (χ1) is 11.1. The predicted octanol–water partition coefficient (Wildman–Crippen LogP) is 3.18. The highest BCUT2D eigenvalue weighted by molar-refractivity contribution is 7.18. The number of benzene rings is 1. The van der Waals surface area contributed by atoms with Gasteiger partial charge in [0.05, 0.1) is 22.4 Å². The Kier molecular flexibility index (Phi) is 5.13. The van der Waals surface area contributed by atoms with Crippen molar-refractivity contribution in [3.8, 4) is 0 Å². The number of para-hydroxylation sites is 1. The quantitative estimate of drug-likeness (QED) is 0.752. The minimum atomic E-state index is -0.746. The Morgan fingerprint density at radius 2 is 1.91 bits per heavy atom. The minimum Gasteiger partial charge on any atom is -0.388 e. The first kappa shape index (κ1) is 16.2. The highest BCUT2D eigenvalue weighted by Gasteiger charge is 2.28. The monoisotopic (exact) mass is 333 g/mol. The van der Waals surface area contributed by atoms with Crippen LogP contribution in [0.5, 0.6) is 0 Å². The van der Waals surface area contributed by atoms with Gasteiger partial charge < -0.3 is 15.7 Å². The zero-order chi connectivity index (χ0) is 16.1. The van der Waals surface area contributed by atoms with Crippen LogP contribution in [-0.2, 0) is 6.54 Å². The zero-order valence-electron chi connectivity index (χ0n) is 13.2. The van der Waals surface area contributed by atoms with Crippen molar-refractivity contribution >= 4 is 27.6 Å². The molecule has 2 aromatic rings. The fourth-order valence-corrected chi connectivity index (χ4v) is 3.93. The van der Waals surface area contributed by atoms with Gasteiger partial charge in [0.1, 0.15) is 5.01 Å². The second-order valence-corrected chi connectivity index (χ2v) is 7.37. The molecular formula is C17H23N3O2S. The number of thiazole rings is 1. The van der Waals surface area contributed by atoms with E-state index in [4.69, 9.17) is 0 Å². The lowest BCUT2D eigenvalue weighted by Crippen LogP contribution is -2.46. The lowest BCUT2D eigenvalue weighted by molar-refractivity contribution is 0.0277. The van der Waals surface area contributed by atoms with E-state index in [1.165, 1.54) is 12.8 Å². The Bertz CT molecular complexity index is 630. The van der Waals surface area contributed by atoms with Crippen LogP contribution in [-0.4, -0.2) is 28.3 Å². The van der Waals surface area contributed by atoms with Gasteiger partial charge in [0.25, 0.3) is 0 Å². The third kappa shape index (κ3) is 4.42. The smallest absolute Gasteiger partial charge is 0.315 e. The summed E-state index contributed by atoms with van der Waals surface area (Å²) in [5, 5.41) is 17.0. The predicted molar refractivity (Wildman–Crippen MR) is 92.5 cm³/mol. The number of fused-ring (bicyclic) bond motifs is 1. The summed E-state index contributed by atoms with van der Waals surface area (Å²) in [7, 11) is 0. The van der Waals surface area contributed by atoms with Crippen LogP contribution in [0, 0.1) is 0 Å². The summed E-state index contributed by atoms with van der Waals surface area (Å²) >= 11 is 1.58. The summed E-state index contributed by atoms with van der Waals surface area (Å²) in [4.78, 5) is 16.4. The summed E-state index contributed by atoms with van der Waals surface area (Å²) in [5.74, 6) is 0. The van der Waals surface area contributed by atoms with Crippen LogP contribution in [0.4, 0.5) is 4.79 Å². The Morgan fingerprint density at radius 1 is 1.17 bits per heavy atom. The summed E-state index contributed by atoms with van der Waals surface area (Å²) < 4.78 is 1.12. The molecule has 23 heavy (non-hydrogen) atoms.